The molecule has 8 heteroatoms. The zero-order chi connectivity index (χ0) is 28.4. The highest BCUT2D eigenvalue weighted by Crippen LogP contribution is 2.37. The number of carbonyl (C=O) groups is 4. The molecule has 2 aromatic carbocycles. The Morgan fingerprint density at radius 2 is 1.50 bits per heavy atom. The Hall–Kier alpha value is -3.55. The minimum atomic E-state index is -1.32. The fourth-order valence-electron chi connectivity index (χ4n) is 4.48. The number of methoxy groups -OCH3 is 1. The molecule has 0 aliphatic carbocycles. The highest BCUT2D eigenvalue weighted by Gasteiger charge is 2.44. The highest BCUT2D eigenvalue weighted by molar-refractivity contribution is 6.01. The molecule has 0 heterocycles. The van der Waals surface area contributed by atoms with Crippen LogP contribution < -0.4 is 0 Å². The molecule has 7 nitrogen and oxygen atoms in total. The van der Waals surface area contributed by atoms with Crippen molar-refractivity contribution in [1.29, 1.82) is 0 Å². The van der Waals surface area contributed by atoms with E-state index in [1.165, 1.54) is 43.2 Å². The number of halogens is 1. The van der Waals surface area contributed by atoms with Gasteiger partial charge in [-0.05, 0) is 36.1 Å². The molecule has 0 radical (unpaired) electrons. The predicted molar refractivity (Wildman–Crippen MR) is 142 cm³/mol. The molecule has 38 heavy (non-hydrogen) atoms. The van der Waals surface area contributed by atoms with Crippen molar-refractivity contribution >= 4 is 23.6 Å². The molecule has 1 amide bonds. The summed E-state index contributed by atoms with van der Waals surface area (Å²) in [4.78, 5) is 54.1. The van der Waals surface area contributed by atoms with Gasteiger partial charge in [0.15, 0.2) is 0 Å². The SMILES string of the molecule is COC(=O)C(C(=O)C(C)C)C(c1ccc(F)cc1)C(CN(CC(C)C)C(=O)OCc1ccccc1)C(C)=O. The molecule has 0 fully saturated rings. The molecule has 2 rings (SSSR count). The van der Waals surface area contributed by atoms with Gasteiger partial charge in [-0.25, -0.2) is 9.18 Å². The number of hydrogen-bond acceptors (Lipinski definition) is 6. The van der Waals surface area contributed by atoms with E-state index in [1.54, 1.807) is 13.8 Å². The first-order valence-electron chi connectivity index (χ1n) is 12.8. The Morgan fingerprint density at radius 1 is 0.895 bits per heavy atom. The van der Waals surface area contributed by atoms with Crippen LogP contribution in [0.25, 0.3) is 0 Å². The van der Waals surface area contributed by atoms with E-state index in [0.717, 1.165) is 5.56 Å². The van der Waals surface area contributed by atoms with Gasteiger partial charge < -0.3 is 14.4 Å². The Labute approximate surface area is 224 Å². The van der Waals surface area contributed by atoms with Crippen LogP contribution in [0.5, 0.6) is 0 Å². The topological polar surface area (TPSA) is 90.0 Å². The van der Waals surface area contributed by atoms with E-state index in [2.05, 4.69) is 0 Å². The molecule has 0 bridgehead atoms. The van der Waals surface area contributed by atoms with Crippen LogP contribution in [0, 0.1) is 29.5 Å². The minimum absolute atomic E-state index is 0.0462. The summed E-state index contributed by atoms with van der Waals surface area (Å²) in [6, 6.07) is 14.6. The summed E-state index contributed by atoms with van der Waals surface area (Å²) in [7, 11) is 1.18. The van der Waals surface area contributed by atoms with E-state index >= 15 is 0 Å². The largest absolute Gasteiger partial charge is 0.468 e. The van der Waals surface area contributed by atoms with E-state index < -0.39 is 47.3 Å². The number of nitrogens with zero attached hydrogens (tertiary/aromatic N) is 1. The number of amides is 1. The summed E-state index contributed by atoms with van der Waals surface area (Å²) in [5, 5.41) is 0. The highest BCUT2D eigenvalue weighted by atomic mass is 19.1. The molecule has 206 valence electrons. The van der Waals surface area contributed by atoms with Gasteiger partial charge in [-0.1, -0.05) is 70.2 Å². The van der Waals surface area contributed by atoms with Crippen LogP contribution in [0.1, 0.15) is 51.7 Å². The molecule has 0 aromatic heterocycles. The van der Waals surface area contributed by atoms with E-state index in [0.29, 0.717) is 5.56 Å². The van der Waals surface area contributed by atoms with Crippen molar-refractivity contribution in [2.24, 2.45) is 23.7 Å². The fraction of sp³-hybridized carbons (Fsp3) is 0.467. The van der Waals surface area contributed by atoms with Crippen LogP contribution in [0.4, 0.5) is 9.18 Å². The Morgan fingerprint density at radius 3 is 2.00 bits per heavy atom. The summed E-state index contributed by atoms with van der Waals surface area (Å²) >= 11 is 0. The fourth-order valence-corrected chi connectivity index (χ4v) is 4.48. The van der Waals surface area contributed by atoms with E-state index in [1.807, 2.05) is 44.2 Å². The lowest BCUT2D eigenvalue weighted by molar-refractivity contribution is -0.152. The van der Waals surface area contributed by atoms with Gasteiger partial charge in [-0.3, -0.25) is 14.4 Å². The summed E-state index contributed by atoms with van der Waals surface area (Å²) in [5.41, 5.74) is 1.24. The number of hydrogen-bond donors (Lipinski definition) is 0. The van der Waals surface area contributed by atoms with E-state index in [4.69, 9.17) is 9.47 Å². The van der Waals surface area contributed by atoms with Crippen molar-refractivity contribution in [3.05, 3.63) is 71.5 Å². The van der Waals surface area contributed by atoms with Crippen molar-refractivity contribution in [3.8, 4) is 0 Å². The number of Topliss-reactive ketones (excluding diaryl/α,β-unsaturated/α-hetero) is 2. The zero-order valence-electron chi connectivity index (χ0n) is 23.0. The third kappa shape index (κ3) is 8.50. The first kappa shape index (κ1) is 30.7. The van der Waals surface area contributed by atoms with E-state index in [9.17, 15) is 23.6 Å². The lowest BCUT2D eigenvalue weighted by atomic mass is 9.71. The van der Waals surface area contributed by atoms with Crippen molar-refractivity contribution in [2.75, 3.05) is 20.2 Å². The quantitative estimate of drug-likeness (QED) is 0.255. The van der Waals surface area contributed by atoms with Gasteiger partial charge in [-0.15, -0.1) is 0 Å². The lowest BCUT2D eigenvalue weighted by Gasteiger charge is -2.35. The van der Waals surface area contributed by atoms with Gasteiger partial charge in [0.2, 0.25) is 0 Å². The third-order valence-corrected chi connectivity index (χ3v) is 6.37. The van der Waals surface area contributed by atoms with Crippen LogP contribution in [0.2, 0.25) is 0 Å². The third-order valence-electron chi connectivity index (χ3n) is 6.37. The maximum Gasteiger partial charge on any atom is 0.410 e. The zero-order valence-corrected chi connectivity index (χ0v) is 23.0. The average molecular weight is 528 g/mol. The van der Waals surface area contributed by atoms with Gasteiger partial charge in [0.05, 0.1) is 7.11 Å². The van der Waals surface area contributed by atoms with Gasteiger partial charge in [0.25, 0.3) is 0 Å². The van der Waals surface area contributed by atoms with Crippen molar-refractivity contribution in [3.63, 3.8) is 0 Å². The van der Waals surface area contributed by atoms with E-state index in [-0.39, 0.29) is 31.4 Å². The Kier molecular flexibility index (Phi) is 11.6. The number of benzene rings is 2. The van der Waals surface area contributed by atoms with Crippen LogP contribution in [-0.4, -0.2) is 48.7 Å². The summed E-state index contributed by atoms with van der Waals surface area (Å²) < 4.78 is 24.4. The first-order chi connectivity index (χ1) is 18.0. The van der Waals surface area contributed by atoms with Gasteiger partial charge in [-0.2, -0.15) is 0 Å². The lowest BCUT2D eigenvalue weighted by Crippen LogP contribution is -2.46. The molecule has 0 saturated heterocycles. The summed E-state index contributed by atoms with van der Waals surface area (Å²) in [5.74, 6) is -5.76. The average Bonchev–Trinajstić information content (AvgIpc) is 2.88. The van der Waals surface area contributed by atoms with Crippen LogP contribution in [0.15, 0.2) is 54.6 Å². The number of carbonyl (C=O) groups excluding carboxylic acids is 4. The molecule has 0 saturated carbocycles. The predicted octanol–water partition coefficient (Wildman–Crippen LogP) is 5.42. The van der Waals surface area contributed by atoms with Crippen molar-refractivity contribution in [2.45, 2.75) is 47.1 Å². The maximum atomic E-state index is 13.8. The first-order valence-corrected chi connectivity index (χ1v) is 12.8. The summed E-state index contributed by atoms with van der Waals surface area (Å²) in [6.07, 6.45) is -0.614. The molecule has 0 spiro atoms. The molecule has 0 N–H and O–H groups in total. The molecule has 3 unspecified atom stereocenters. The van der Waals surface area contributed by atoms with Crippen molar-refractivity contribution in [1.82, 2.24) is 4.90 Å². The van der Waals surface area contributed by atoms with Crippen LogP contribution in [-0.2, 0) is 30.5 Å². The molecule has 3 atom stereocenters. The smallest absolute Gasteiger partial charge is 0.410 e. The maximum absolute atomic E-state index is 13.8. The summed E-state index contributed by atoms with van der Waals surface area (Å²) in [6.45, 7) is 8.78. The molecular weight excluding hydrogens is 489 g/mol. The second-order valence-electron chi connectivity index (χ2n) is 10.2. The molecule has 0 aliphatic heterocycles. The Balaban J connectivity index is 2.52. The van der Waals surface area contributed by atoms with Gasteiger partial charge >= 0.3 is 12.1 Å². The van der Waals surface area contributed by atoms with Crippen LogP contribution in [0.3, 0.4) is 0 Å². The number of ketones is 2. The van der Waals surface area contributed by atoms with Crippen molar-refractivity contribution < 1.29 is 33.0 Å². The normalized spacial score (nSPS) is 13.5. The minimum Gasteiger partial charge on any atom is -0.468 e. The van der Waals surface area contributed by atoms with Crippen LogP contribution >= 0.6 is 0 Å². The Bertz CT molecular complexity index is 1080. The van der Waals surface area contributed by atoms with Gasteiger partial charge in [0.1, 0.15) is 29.9 Å². The second kappa shape index (κ2) is 14.4. The molecular formula is C30H38FNO6. The standard InChI is InChI=1S/C30H38FNO6/c1-19(2)16-32(30(36)38-18-22-10-8-7-9-11-22)17-25(21(5)33)26(23-12-14-24(31)15-13-23)27(29(35)37-6)28(34)20(3)4/h7-15,19-20,25-27H,16-18H2,1-6H3. The number of ether oxygens (including phenoxy) is 2. The second-order valence-corrected chi connectivity index (χ2v) is 10.2. The number of rotatable bonds is 13. The monoisotopic (exact) mass is 527 g/mol. The molecule has 0 aliphatic rings. The van der Waals surface area contributed by atoms with Gasteiger partial charge in [0, 0.05) is 30.8 Å². The molecule has 2 aromatic rings. The number of esters is 1.